The lowest BCUT2D eigenvalue weighted by atomic mass is 10.0. The summed E-state index contributed by atoms with van der Waals surface area (Å²) >= 11 is 0. The number of amides is 2. The Morgan fingerprint density at radius 3 is 2.65 bits per heavy atom. The van der Waals surface area contributed by atoms with Gasteiger partial charge in [-0.15, -0.1) is 0 Å². The van der Waals surface area contributed by atoms with Crippen LogP contribution in [0.4, 0.5) is 0 Å². The van der Waals surface area contributed by atoms with Crippen LogP contribution in [0.3, 0.4) is 0 Å². The standard InChI is InChI=1S/C12H20N2O3/c1-4-8(3)10(15)6-14-7-11(16)13-12(17)9(14)5-2/h8-9H,4-7H2,1-3H3,(H,13,16,17). The Morgan fingerprint density at radius 2 is 2.12 bits per heavy atom. The van der Waals surface area contributed by atoms with Gasteiger partial charge in [-0.05, 0) is 12.8 Å². The van der Waals surface area contributed by atoms with Crippen LogP contribution in [0.1, 0.15) is 33.6 Å². The molecule has 96 valence electrons. The van der Waals surface area contributed by atoms with Crippen molar-refractivity contribution in [2.75, 3.05) is 13.1 Å². The monoisotopic (exact) mass is 240 g/mol. The van der Waals surface area contributed by atoms with Crippen LogP contribution in [0.25, 0.3) is 0 Å². The first-order chi connectivity index (χ1) is 7.99. The van der Waals surface area contributed by atoms with Gasteiger partial charge in [0, 0.05) is 5.92 Å². The Kier molecular flexibility index (Phi) is 4.81. The zero-order chi connectivity index (χ0) is 13.0. The molecule has 1 saturated heterocycles. The maximum Gasteiger partial charge on any atom is 0.243 e. The molecule has 1 fully saturated rings. The lowest BCUT2D eigenvalue weighted by molar-refractivity contribution is -0.141. The minimum Gasteiger partial charge on any atom is -0.298 e. The van der Waals surface area contributed by atoms with Crippen molar-refractivity contribution < 1.29 is 14.4 Å². The summed E-state index contributed by atoms with van der Waals surface area (Å²) in [7, 11) is 0. The number of Topliss-reactive ketones (excluding diaryl/α,β-unsaturated/α-hetero) is 1. The molecule has 0 aromatic carbocycles. The number of hydrogen-bond donors (Lipinski definition) is 1. The van der Waals surface area contributed by atoms with Crippen LogP contribution in [0.2, 0.25) is 0 Å². The van der Waals surface area contributed by atoms with Crippen molar-refractivity contribution in [3.63, 3.8) is 0 Å². The first-order valence-corrected chi connectivity index (χ1v) is 6.10. The normalized spacial score (nSPS) is 23.4. The van der Waals surface area contributed by atoms with Crippen LogP contribution >= 0.6 is 0 Å². The molecule has 1 rings (SSSR count). The fourth-order valence-corrected chi connectivity index (χ4v) is 1.91. The summed E-state index contributed by atoms with van der Waals surface area (Å²) in [5, 5.41) is 2.30. The number of imide groups is 1. The zero-order valence-electron chi connectivity index (χ0n) is 10.7. The summed E-state index contributed by atoms with van der Waals surface area (Å²) < 4.78 is 0. The van der Waals surface area contributed by atoms with E-state index in [0.717, 1.165) is 6.42 Å². The van der Waals surface area contributed by atoms with Crippen molar-refractivity contribution in [2.45, 2.75) is 39.7 Å². The number of hydrogen-bond acceptors (Lipinski definition) is 4. The highest BCUT2D eigenvalue weighted by Crippen LogP contribution is 2.11. The third-order valence-electron chi connectivity index (χ3n) is 3.26. The highest BCUT2D eigenvalue weighted by molar-refractivity contribution is 6.01. The van der Waals surface area contributed by atoms with Crippen LogP contribution in [0.15, 0.2) is 0 Å². The summed E-state index contributed by atoms with van der Waals surface area (Å²) in [5.74, 6) is -0.543. The Morgan fingerprint density at radius 1 is 1.47 bits per heavy atom. The first-order valence-electron chi connectivity index (χ1n) is 6.10. The van der Waals surface area contributed by atoms with Gasteiger partial charge in [0.25, 0.3) is 0 Å². The number of piperazine rings is 1. The van der Waals surface area contributed by atoms with Crippen LogP contribution in [0, 0.1) is 5.92 Å². The Balaban J connectivity index is 2.69. The van der Waals surface area contributed by atoms with Gasteiger partial charge in [-0.1, -0.05) is 20.8 Å². The molecule has 0 bridgehead atoms. The second-order valence-electron chi connectivity index (χ2n) is 4.52. The predicted molar refractivity (Wildman–Crippen MR) is 63.3 cm³/mol. The van der Waals surface area contributed by atoms with Crippen LogP contribution in [-0.2, 0) is 14.4 Å². The molecule has 1 heterocycles. The van der Waals surface area contributed by atoms with Crippen molar-refractivity contribution in [1.29, 1.82) is 0 Å². The van der Waals surface area contributed by atoms with Gasteiger partial charge in [0.15, 0.2) is 0 Å². The van der Waals surface area contributed by atoms with Gasteiger partial charge in [-0.3, -0.25) is 24.6 Å². The van der Waals surface area contributed by atoms with Gasteiger partial charge in [0.1, 0.15) is 5.78 Å². The van der Waals surface area contributed by atoms with Gasteiger partial charge in [0.2, 0.25) is 11.8 Å². The predicted octanol–water partition coefficient (Wildman–Crippen LogP) is 0.339. The average Bonchev–Trinajstić information content (AvgIpc) is 2.27. The lowest BCUT2D eigenvalue weighted by Crippen LogP contribution is -2.59. The smallest absolute Gasteiger partial charge is 0.243 e. The van der Waals surface area contributed by atoms with Crippen molar-refractivity contribution in [1.82, 2.24) is 10.2 Å². The van der Waals surface area contributed by atoms with Gasteiger partial charge < -0.3 is 0 Å². The molecule has 0 saturated carbocycles. The van der Waals surface area contributed by atoms with E-state index in [9.17, 15) is 14.4 Å². The topological polar surface area (TPSA) is 66.5 Å². The number of ketones is 1. The molecule has 2 amide bonds. The first kappa shape index (κ1) is 13.8. The van der Waals surface area contributed by atoms with E-state index in [-0.39, 0.29) is 42.6 Å². The molecule has 5 heteroatoms. The number of carbonyl (C=O) groups is 3. The second kappa shape index (κ2) is 5.91. The number of rotatable bonds is 5. The maximum absolute atomic E-state index is 11.8. The van der Waals surface area contributed by atoms with Crippen molar-refractivity contribution in [3.8, 4) is 0 Å². The molecule has 0 aromatic rings. The molecule has 17 heavy (non-hydrogen) atoms. The van der Waals surface area contributed by atoms with Crippen molar-refractivity contribution >= 4 is 17.6 Å². The van der Waals surface area contributed by atoms with Gasteiger partial charge in [-0.25, -0.2) is 0 Å². The van der Waals surface area contributed by atoms with E-state index in [0.29, 0.717) is 6.42 Å². The minimum atomic E-state index is -0.360. The third-order valence-corrected chi connectivity index (χ3v) is 3.26. The highest BCUT2D eigenvalue weighted by Gasteiger charge is 2.33. The van der Waals surface area contributed by atoms with Gasteiger partial charge in [0.05, 0.1) is 19.1 Å². The fourth-order valence-electron chi connectivity index (χ4n) is 1.91. The summed E-state index contributed by atoms with van der Waals surface area (Å²) in [4.78, 5) is 36.4. The average molecular weight is 240 g/mol. The third kappa shape index (κ3) is 3.36. The van der Waals surface area contributed by atoms with E-state index in [1.165, 1.54) is 0 Å². The summed E-state index contributed by atoms with van der Waals surface area (Å²) in [5.41, 5.74) is 0. The van der Waals surface area contributed by atoms with Gasteiger partial charge >= 0.3 is 0 Å². The Hall–Kier alpha value is -1.23. The van der Waals surface area contributed by atoms with Crippen molar-refractivity contribution in [3.05, 3.63) is 0 Å². The Bertz CT molecular complexity index is 328. The SMILES string of the molecule is CCC(C)C(=O)CN1CC(=O)NC(=O)C1CC. The molecule has 2 unspecified atom stereocenters. The Labute approximate surface area is 102 Å². The molecule has 0 aromatic heterocycles. The molecule has 0 radical (unpaired) electrons. The zero-order valence-corrected chi connectivity index (χ0v) is 10.7. The van der Waals surface area contributed by atoms with E-state index in [1.807, 2.05) is 20.8 Å². The van der Waals surface area contributed by atoms with E-state index in [1.54, 1.807) is 4.90 Å². The number of nitrogens with one attached hydrogen (secondary N) is 1. The number of nitrogens with zero attached hydrogens (tertiary/aromatic N) is 1. The van der Waals surface area contributed by atoms with E-state index >= 15 is 0 Å². The molecule has 0 spiro atoms. The van der Waals surface area contributed by atoms with Gasteiger partial charge in [-0.2, -0.15) is 0 Å². The molecule has 1 N–H and O–H groups in total. The summed E-state index contributed by atoms with van der Waals surface area (Å²) in [6.45, 7) is 6.02. The van der Waals surface area contributed by atoms with E-state index in [4.69, 9.17) is 0 Å². The summed E-state index contributed by atoms with van der Waals surface area (Å²) in [6.07, 6.45) is 1.39. The molecule has 2 atom stereocenters. The molecule has 1 aliphatic rings. The molecule has 0 aliphatic carbocycles. The largest absolute Gasteiger partial charge is 0.298 e. The second-order valence-corrected chi connectivity index (χ2v) is 4.52. The number of carbonyl (C=O) groups excluding carboxylic acids is 3. The van der Waals surface area contributed by atoms with Crippen molar-refractivity contribution in [2.24, 2.45) is 5.92 Å². The van der Waals surface area contributed by atoms with Crippen LogP contribution < -0.4 is 5.32 Å². The molecule has 5 nitrogen and oxygen atoms in total. The fraction of sp³-hybridized carbons (Fsp3) is 0.750. The quantitative estimate of drug-likeness (QED) is 0.704. The minimum absolute atomic E-state index is 0.0207. The molecular formula is C12H20N2O3. The van der Waals surface area contributed by atoms with E-state index in [2.05, 4.69) is 5.32 Å². The molecular weight excluding hydrogens is 220 g/mol. The molecule has 1 aliphatic heterocycles. The lowest BCUT2D eigenvalue weighted by Gasteiger charge is -2.33. The summed E-state index contributed by atoms with van der Waals surface area (Å²) in [6, 6.07) is -0.360. The maximum atomic E-state index is 11.8. The van der Waals surface area contributed by atoms with Crippen LogP contribution in [0.5, 0.6) is 0 Å². The van der Waals surface area contributed by atoms with E-state index < -0.39 is 0 Å². The highest BCUT2D eigenvalue weighted by atomic mass is 16.2. The van der Waals surface area contributed by atoms with Crippen LogP contribution in [-0.4, -0.2) is 41.6 Å².